The summed E-state index contributed by atoms with van der Waals surface area (Å²) in [4.78, 5) is 3.90. The summed E-state index contributed by atoms with van der Waals surface area (Å²) in [7, 11) is 0. The Morgan fingerprint density at radius 2 is 2.09 bits per heavy atom. The summed E-state index contributed by atoms with van der Waals surface area (Å²) < 4.78 is 0. The molecule has 5 heteroatoms. The highest BCUT2D eigenvalue weighted by molar-refractivity contribution is 5.52. The minimum absolute atomic E-state index is 0.422. The highest BCUT2D eigenvalue weighted by Crippen LogP contribution is 2.28. The van der Waals surface area contributed by atoms with Crippen molar-refractivity contribution in [3.63, 3.8) is 0 Å². The zero-order valence-corrected chi connectivity index (χ0v) is 14.1. The van der Waals surface area contributed by atoms with Gasteiger partial charge in [-0.3, -0.25) is 0 Å². The molecule has 2 aromatic rings. The van der Waals surface area contributed by atoms with Crippen LogP contribution in [0.5, 0.6) is 0 Å². The van der Waals surface area contributed by atoms with Crippen LogP contribution in [0.3, 0.4) is 0 Å². The molecule has 1 aliphatic rings. The van der Waals surface area contributed by atoms with Gasteiger partial charge < -0.3 is 4.90 Å². The Balaban J connectivity index is 2.04. The first-order chi connectivity index (χ1) is 11.1. The SMILES string of the molecule is CC[C@@H]1CCCCN1c1nn(-c2cc(C)ccc2C)nc1C#N. The second-order valence-corrected chi connectivity index (χ2v) is 6.31. The number of hydrogen-bond donors (Lipinski definition) is 0. The predicted octanol–water partition coefficient (Wildman–Crippen LogP) is 3.52. The van der Waals surface area contributed by atoms with E-state index >= 15 is 0 Å². The van der Waals surface area contributed by atoms with Gasteiger partial charge >= 0.3 is 0 Å². The second-order valence-electron chi connectivity index (χ2n) is 6.31. The number of piperidine rings is 1. The van der Waals surface area contributed by atoms with Gasteiger partial charge in [-0.2, -0.15) is 5.26 Å². The fraction of sp³-hybridized carbons (Fsp3) is 0.500. The van der Waals surface area contributed by atoms with Crippen LogP contribution in [0.15, 0.2) is 18.2 Å². The lowest BCUT2D eigenvalue weighted by Crippen LogP contribution is -2.39. The number of hydrogen-bond acceptors (Lipinski definition) is 4. The summed E-state index contributed by atoms with van der Waals surface area (Å²) in [6.07, 6.45) is 4.64. The van der Waals surface area contributed by atoms with Gasteiger partial charge in [-0.05, 0) is 56.7 Å². The summed E-state index contributed by atoms with van der Waals surface area (Å²) >= 11 is 0. The van der Waals surface area contributed by atoms with Crippen LogP contribution in [0.25, 0.3) is 5.69 Å². The third-order valence-corrected chi connectivity index (χ3v) is 4.65. The van der Waals surface area contributed by atoms with E-state index in [9.17, 15) is 5.26 Å². The zero-order valence-electron chi connectivity index (χ0n) is 14.1. The molecule has 3 rings (SSSR count). The van der Waals surface area contributed by atoms with Crippen molar-refractivity contribution in [2.75, 3.05) is 11.4 Å². The van der Waals surface area contributed by atoms with Crippen LogP contribution in [-0.4, -0.2) is 27.6 Å². The quantitative estimate of drug-likeness (QED) is 0.870. The van der Waals surface area contributed by atoms with E-state index < -0.39 is 0 Å². The molecule has 1 aliphatic heterocycles. The molecule has 0 unspecified atom stereocenters. The Morgan fingerprint density at radius 1 is 1.26 bits per heavy atom. The van der Waals surface area contributed by atoms with Gasteiger partial charge in [0, 0.05) is 12.6 Å². The maximum atomic E-state index is 9.50. The standard InChI is InChI=1S/C18H23N5/c1-4-15-7-5-6-10-22(15)18-16(12-19)20-23(21-18)17-11-13(2)8-9-14(17)3/h8-9,11,15H,4-7,10H2,1-3H3/t15-/m1/s1. The number of nitrogens with zero attached hydrogens (tertiary/aromatic N) is 5. The van der Waals surface area contributed by atoms with Crippen molar-refractivity contribution < 1.29 is 0 Å². The molecule has 5 nitrogen and oxygen atoms in total. The normalized spacial score (nSPS) is 18.0. The van der Waals surface area contributed by atoms with Gasteiger partial charge in [0.25, 0.3) is 0 Å². The fourth-order valence-corrected chi connectivity index (χ4v) is 3.31. The van der Waals surface area contributed by atoms with Crippen molar-refractivity contribution in [2.24, 2.45) is 0 Å². The summed E-state index contributed by atoms with van der Waals surface area (Å²) in [5.41, 5.74) is 3.63. The summed E-state index contributed by atoms with van der Waals surface area (Å²) in [5, 5.41) is 18.6. The van der Waals surface area contributed by atoms with E-state index in [4.69, 9.17) is 0 Å². The molecule has 23 heavy (non-hydrogen) atoms. The van der Waals surface area contributed by atoms with Crippen LogP contribution < -0.4 is 4.90 Å². The number of benzene rings is 1. The van der Waals surface area contributed by atoms with E-state index in [-0.39, 0.29) is 0 Å². The van der Waals surface area contributed by atoms with Crippen LogP contribution in [0.4, 0.5) is 5.82 Å². The summed E-state index contributed by atoms with van der Waals surface area (Å²) in [6, 6.07) is 8.89. The first-order valence-electron chi connectivity index (χ1n) is 8.35. The van der Waals surface area contributed by atoms with Gasteiger partial charge in [0.1, 0.15) is 6.07 Å². The van der Waals surface area contributed by atoms with Gasteiger partial charge in [0.05, 0.1) is 5.69 Å². The van der Waals surface area contributed by atoms with Gasteiger partial charge in [-0.1, -0.05) is 19.1 Å². The molecule has 0 aliphatic carbocycles. The Labute approximate surface area is 137 Å². The molecular weight excluding hydrogens is 286 g/mol. The van der Waals surface area contributed by atoms with E-state index in [1.54, 1.807) is 4.80 Å². The second kappa shape index (κ2) is 6.41. The van der Waals surface area contributed by atoms with Crippen molar-refractivity contribution in [1.82, 2.24) is 15.0 Å². The molecule has 1 aromatic heterocycles. The number of nitriles is 1. The van der Waals surface area contributed by atoms with Gasteiger partial charge in [0.2, 0.25) is 5.69 Å². The van der Waals surface area contributed by atoms with E-state index in [2.05, 4.69) is 53.2 Å². The molecular formula is C18H23N5. The summed E-state index contributed by atoms with van der Waals surface area (Å²) in [6.45, 7) is 7.25. The fourth-order valence-electron chi connectivity index (χ4n) is 3.31. The van der Waals surface area contributed by atoms with Crippen molar-refractivity contribution in [1.29, 1.82) is 5.26 Å². The van der Waals surface area contributed by atoms with Crippen molar-refractivity contribution >= 4 is 5.82 Å². The van der Waals surface area contributed by atoms with Gasteiger partial charge in [-0.15, -0.1) is 15.0 Å². The lowest BCUT2D eigenvalue weighted by Gasteiger charge is -2.35. The zero-order chi connectivity index (χ0) is 16.4. The van der Waals surface area contributed by atoms with Crippen LogP contribution in [0.1, 0.15) is 49.4 Å². The Hall–Kier alpha value is -2.35. The largest absolute Gasteiger partial charge is 0.350 e. The van der Waals surface area contributed by atoms with Crippen molar-refractivity contribution in [2.45, 2.75) is 52.5 Å². The van der Waals surface area contributed by atoms with Gasteiger partial charge in [0.15, 0.2) is 5.82 Å². The molecule has 0 radical (unpaired) electrons. The smallest absolute Gasteiger partial charge is 0.207 e. The molecule has 0 N–H and O–H groups in total. The summed E-state index contributed by atoms with van der Waals surface area (Å²) in [5.74, 6) is 0.736. The molecule has 1 fully saturated rings. The number of aryl methyl sites for hydroxylation is 2. The maximum absolute atomic E-state index is 9.50. The van der Waals surface area contributed by atoms with Crippen LogP contribution in [0.2, 0.25) is 0 Å². The van der Waals surface area contributed by atoms with Crippen LogP contribution in [-0.2, 0) is 0 Å². The number of anilines is 1. The van der Waals surface area contributed by atoms with Gasteiger partial charge in [-0.25, -0.2) is 0 Å². The van der Waals surface area contributed by atoms with E-state index in [0.717, 1.165) is 48.4 Å². The first-order valence-corrected chi connectivity index (χ1v) is 8.35. The average molecular weight is 309 g/mol. The minimum Gasteiger partial charge on any atom is -0.350 e. The third kappa shape index (κ3) is 2.94. The van der Waals surface area contributed by atoms with E-state index in [0.29, 0.717) is 11.7 Å². The van der Waals surface area contributed by atoms with Crippen molar-refractivity contribution in [3.05, 3.63) is 35.0 Å². The lowest BCUT2D eigenvalue weighted by molar-refractivity contribution is 0.446. The molecule has 1 atom stereocenters. The number of aromatic nitrogens is 3. The maximum Gasteiger partial charge on any atom is 0.207 e. The molecule has 0 bridgehead atoms. The molecule has 0 amide bonds. The van der Waals surface area contributed by atoms with Crippen molar-refractivity contribution in [3.8, 4) is 11.8 Å². The van der Waals surface area contributed by atoms with E-state index in [1.807, 2.05) is 6.92 Å². The topological polar surface area (TPSA) is 57.7 Å². The number of rotatable bonds is 3. The predicted molar refractivity (Wildman–Crippen MR) is 90.8 cm³/mol. The lowest BCUT2D eigenvalue weighted by atomic mass is 10.00. The highest BCUT2D eigenvalue weighted by atomic mass is 15.5. The molecule has 120 valence electrons. The average Bonchev–Trinajstić information content (AvgIpc) is 3.01. The molecule has 1 aromatic carbocycles. The monoisotopic (exact) mass is 309 g/mol. The Morgan fingerprint density at radius 3 is 2.83 bits per heavy atom. The molecule has 0 saturated carbocycles. The first kappa shape index (κ1) is 15.5. The molecule has 0 spiro atoms. The van der Waals surface area contributed by atoms with E-state index in [1.165, 1.54) is 6.42 Å². The Bertz CT molecular complexity index is 740. The Kier molecular flexibility index (Phi) is 4.33. The molecule has 1 saturated heterocycles. The third-order valence-electron chi connectivity index (χ3n) is 4.65. The molecule has 2 heterocycles. The van der Waals surface area contributed by atoms with Crippen LogP contribution in [0, 0.1) is 25.2 Å². The minimum atomic E-state index is 0.422. The van der Waals surface area contributed by atoms with Crippen LogP contribution >= 0.6 is 0 Å². The highest BCUT2D eigenvalue weighted by Gasteiger charge is 2.27.